The third kappa shape index (κ3) is 3.60. The lowest BCUT2D eigenvalue weighted by Gasteiger charge is -2.07. The van der Waals surface area contributed by atoms with Crippen molar-refractivity contribution in [3.05, 3.63) is 64.3 Å². The summed E-state index contributed by atoms with van der Waals surface area (Å²) >= 11 is 0. The first kappa shape index (κ1) is 19.2. The number of para-hydroxylation sites is 1. The highest BCUT2D eigenvalue weighted by molar-refractivity contribution is 5.93. The maximum Gasteiger partial charge on any atom is 0.348 e. The number of aromatic nitrogens is 2. The van der Waals surface area contributed by atoms with Gasteiger partial charge in [-0.3, -0.25) is 4.99 Å². The van der Waals surface area contributed by atoms with E-state index in [4.69, 9.17) is 18.4 Å². The van der Waals surface area contributed by atoms with Crippen molar-refractivity contribution in [2.24, 2.45) is 4.99 Å². The van der Waals surface area contributed by atoms with Gasteiger partial charge in [-0.2, -0.15) is 4.98 Å². The molecule has 2 heterocycles. The Morgan fingerprint density at radius 1 is 1.13 bits per heavy atom. The van der Waals surface area contributed by atoms with Crippen LogP contribution in [0.25, 0.3) is 22.4 Å². The number of methoxy groups -OCH3 is 2. The Kier molecular flexibility index (Phi) is 5.17. The maximum absolute atomic E-state index is 12.1. The van der Waals surface area contributed by atoms with Crippen LogP contribution in [0.5, 0.6) is 17.2 Å². The fourth-order valence-electron chi connectivity index (χ4n) is 2.89. The molecule has 4 rings (SSSR count). The molecule has 2 aromatic carbocycles. The average molecular weight is 407 g/mol. The van der Waals surface area contributed by atoms with Crippen LogP contribution in [0.2, 0.25) is 0 Å². The second-order valence-electron chi connectivity index (χ2n) is 6.20. The summed E-state index contributed by atoms with van der Waals surface area (Å²) < 4.78 is 20.9. The molecule has 4 aromatic rings. The highest BCUT2D eigenvalue weighted by Crippen LogP contribution is 2.31. The van der Waals surface area contributed by atoms with Crippen LogP contribution in [-0.4, -0.2) is 35.7 Å². The minimum absolute atomic E-state index is 0.0198. The highest BCUT2D eigenvalue weighted by atomic mass is 16.5. The molecule has 0 amide bonds. The van der Waals surface area contributed by atoms with Crippen LogP contribution in [0.1, 0.15) is 11.5 Å². The van der Waals surface area contributed by atoms with Crippen molar-refractivity contribution in [1.82, 2.24) is 10.1 Å². The van der Waals surface area contributed by atoms with Crippen LogP contribution < -0.4 is 15.1 Å². The van der Waals surface area contributed by atoms with Gasteiger partial charge in [0.05, 0.1) is 19.6 Å². The molecule has 2 aromatic heterocycles. The zero-order valence-corrected chi connectivity index (χ0v) is 16.2. The topological polar surface area (TPSA) is 120 Å². The van der Waals surface area contributed by atoms with Crippen molar-refractivity contribution < 1.29 is 23.5 Å². The quantitative estimate of drug-likeness (QED) is 0.382. The van der Waals surface area contributed by atoms with Crippen molar-refractivity contribution in [2.45, 2.75) is 6.54 Å². The van der Waals surface area contributed by atoms with Gasteiger partial charge in [0.2, 0.25) is 11.7 Å². The zero-order chi connectivity index (χ0) is 21.1. The molecule has 0 aliphatic carbocycles. The minimum Gasteiger partial charge on any atom is -0.506 e. The van der Waals surface area contributed by atoms with E-state index in [2.05, 4.69) is 15.1 Å². The Hall–Kier alpha value is -4.14. The molecule has 1 N–H and O–H groups in total. The van der Waals surface area contributed by atoms with Crippen LogP contribution in [0, 0.1) is 0 Å². The molecule has 152 valence electrons. The number of aliphatic imine (C=N–C) groups is 1. The van der Waals surface area contributed by atoms with Gasteiger partial charge < -0.3 is 23.5 Å². The molecule has 9 heteroatoms. The summed E-state index contributed by atoms with van der Waals surface area (Å²) in [7, 11) is 3.09. The molecule has 0 radical (unpaired) electrons. The number of nitrogens with zero attached hydrogens (tertiary/aromatic N) is 3. The van der Waals surface area contributed by atoms with E-state index in [1.807, 2.05) is 0 Å². The van der Waals surface area contributed by atoms with E-state index in [1.54, 1.807) is 49.6 Å². The highest BCUT2D eigenvalue weighted by Gasteiger charge is 2.13. The number of hydrogen-bond acceptors (Lipinski definition) is 9. The van der Waals surface area contributed by atoms with Crippen LogP contribution >= 0.6 is 0 Å². The lowest BCUT2D eigenvalue weighted by atomic mass is 10.1. The van der Waals surface area contributed by atoms with Gasteiger partial charge >= 0.3 is 5.63 Å². The normalized spacial score (nSPS) is 11.3. The fraction of sp³-hybridized carbons (Fsp3) is 0.143. The van der Waals surface area contributed by atoms with Gasteiger partial charge in [-0.05, 0) is 30.3 Å². The predicted octanol–water partition coefficient (Wildman–Crippen LogP) is 3.18. The third-order valence-electron chi connectivity index (χ3n) is 4.38. The second-order valence-corrected chi connectivity index (χ2v) is 6.20. The van der Waals surface area contributed by atoms with E-state index < -0.39 is 5.63 Å². The van der Waals surface area contributed by atoms with Crippen LogP contribution in [0.15, 0.2) is 61.2 Å². The summed E-state index contributed by atoms with van der Waals surface area (Å²) in [5.74, 6) is 1.53. The molecule has 0 fully saturated rings. The first-order chi connectivity index (χ1) is 14.6. The Bertz CT molecular complexity index is 1290. The molecular formula is C21H17N3O6. The van der Waals surface area contributed by atoms with Gasteiger partial charge in [0.15, 0.2) is 11.5 Å². The van der Waals surface area contributed by atoms with E-state index in [0.29, 0.717) is 33.9 Å². The molecule has 0 saturated carbocycles. The number of ether oxygens (including phenoxy) is 2. The number of rotatable bonds is 6. The summed E-state index contributed by atoms with van der Waals surface area (Å²) in [6, 6.07) is 11.9. The molecule has 0 atom stereocenters. The summed E-state index contributed by atoms with van der Waals surface area (Å²) in [5.41, 5.74) is 0.243. The van der Waals surface area contributed by atoms with E-state index in [-0.39, 0.29) is 23.7 Å². The fourth-order valence-corrected chi connectivity index (χ4v) is 2.89. The lowest BCUT2D eigenvalue weighted by molar-refractivity contribution is 0.355. The summed E-state index contributed by atoms with van der Waals surface area (Å²) in [4.78, 5) is 20.5. The molecular weight excluding hydrogens is 390 g/mol. The van der Waals surface area contributed by atoms with E-state index in [9.17, 15) is 9.90 Å². The Labute approximate surface area is 170 Å². The number of hydrogen-bond donors (Lipinski definition) is 1. The molecule has 0 unspecified atom stereocenters. The largest absolute Gasteiger partial charge is 0.506 e. The van der Waals surface area contributed by atoms with Crippen LogP contribution in [-0.2, 0) is 6.54 Å². The van der Waals surface area contributed by atoms with Gasteiger partial charge in [-0.25, -0.2) is 4.79 Å². The van der Waals surface area contributed by atoms with Gasteiger partial charge in [0.25, 0.3) is 0 Å². The summed E-state index contributed by atoms with van der Waals surface area (Å²) in [5, 5.41) is 14.7. The molecule has 0 aliphatic heterocycles. The molecule has 9 nitrogen and oxygen atoms in total. The van der Waals surface area contributed by atoms with Crippen molar-refractivity contribution in [3.8, 4) is 28.6 Å². The molecule has 0 bridgehead atoms. The van der Waals surface area contributed by atoms with E-state index in [1.165, 1.54) is 13.3 Å². The van der Waals surface area contributed by atoms with Crippen LogP contribution in [0.3, 0.4) is 0 Å². The standard InChI is InChI=1S/C21H17N3O6/c1-27-16-8-7-12(9-17(16)28-2)20-23-18(30-24-20)11-22-10-14-19(25)13-5-3-4-6-15(13)29-21(14)26/h3-10,25H,11H2,1-2H3. The minimum atomic E-state index is -0.688. The molecule has 0 aliphatic rings. The van der Waals surface area contributed by atoms with Gasteiger partial charge in [-0.1, -0.05) is 17.3 Å². The molecule has 0 spiro atoms. The number of aromatic hydroxyl groups is 1. The van der Waals surface area contributed by atoms with E-state index in [0.717, 1.165) is 0 Å². The van der Waals surface area contributed by atoms with E-state index >= 15 is 0 Å². The van der Waals surface area contributed by atoms with Crippen molar-refractivity contribution in [3.63, 3.8) is 0 Å². The Morgan fingerprint density at radius 3 is 2.73 bits per heavy atom. The average Bonchev–Trinajstić information content (AvgIpc) is 3.24. The summed E-state index contributed by atoms with van der Waals surface area (Å²) in [6.45, 7) is 0.0198. The van der Waals surface area contributed by atoms with Gasteiger partial charge in [-0.15, -0.1) is 0 Å². The predicted molar refractivity (Wildman–Crippen MR) is 108 cm³/mol. The van der Waals surface area contributed by atoms with Gasteiger partial charge in [0.1, 0.15) is 23.4 Å². The Balaban J connectivity index is 1.55. The van der Waals surface area contributed by atoms with Gasteiger partial charge in [0, 0.05) is 11.8 Å². The third-order valence-corrected chi connectivity index (χ3v) is 4.38. The molecule has 0 saturated heterocycles. The SMILES string of the molecule is COc1ccc(-c2noc(CN=Cc3c(O)c4ccccc4oc3=O)n2)cc1OC. The summed E-state index contributed by atoms with van der Waals surface area (Å²) in [6.07, 6.45) is 1.23. The van der Waals surface area contributed by atoms with Crippen molar-refractivity contribution in [1.29, 1.82) is 0 Å². The lowest BCUT2D eigenvalue weighted by Crippen LogP contribution is -2.07. The van der Waals surface area contributed by atoms with Crippen molar-refractivity contribution >= 4 is 17.2 Å². The first-order valence-electron chi connectivity index (χ1n) is 8.90. The van der Waals surface area contributed by atoms with Crippen LogP contribution in [0.4, 0.5) is 0 Å². The monoisotopic (exact) mass is 407 g/mol. The van der Waals surface area contributed by atoms with Crippen molar-refractivity contribution in [2.75, 3.05) is 14.2 Å². The zero-order valence-electron chi connectivity index (χ0n) is 16.2. The number of fused-ring (bicyclic) bond motifs is 1. The first-order valence-corrected chi connectivity index (χ1v) is 8.90. The maximum atomic E-state index is 12.1. The number of benzene rings is 2. The smallest absolute Gasteiger partial charge is 0.348 e. The second kappa shape index (κ2) is 8.08. The molecule has 30 heavy (non-hydrogen) atoms. The Morgan fingerprint density at radius 2 is 1.93 bits per heavy atom.